The third kappa shape index (κ3) is 5.12. The Morgan fingerprint density at radius 1 is 1.00 bits per heavy atom. The lowest BCUT2D eigenvalue weighted by Crippen LogP contribution is -2.29. The number of nitrogens with zero attached hydrogens (tertiary/aromatic N) is 3. The molecule has 1 amide bonds. The molecule has 198 valence electrons. The van der Waals surface area contributed by atoms with Crippen LogP contribution in [0.15, 0.2) is 83.5 Å². The maximum absolute atomic E-state index is 13.3. The van der Waals surface area contributed by atoms with Gasteiger partial charge in [-0.2, -0.15) is 0 Å². The zero-order chi connectivity index (χ0) is 27.8. The fraction of sp³-hybridized carbons (Fsp3) is 0.276. The van der Waals surface area contributed by atoms with Crippen molar-refractivity contribution in [3.63, 3.8) is 0 Å². The maximum atomic E-state index is 13.3. The number of hydrogen-bond acceptors (Lipinski definition) is 6. The number of pyridine rings is 1. The van der Waals surface area contributed by atoms with Crippen molar-refractivity contribution in [3.8, 4) is 0 Å². The Kier molecular flexibility index (Phi) is 7.27. The van der Waals surface area contributed by atoms with Gasteiger partial charge in [-0.3, -0.25) is 14.6 Å². The van der Waals surface area contributed by atoms with Crippen molar-refractivity contribution in [3.05, 3.63) is 101 Å². The summed E-state index contributed by atoms with van der Waals surface area (Å²) < 4.78 is 26.0. The Morgan fingerprint density at radius 3 is 2.16 bits per heavy atom. The molecule has 8 nitrogen and oxygen atoms in total. The van der Waals surface area contributed by atoms with Crippen LogP contribution >= 0.6 is 0 Å². The zero-order valence-corrected chi connectivity index (χ0v) is 22.9. The van der Waals surface area contributed by atoms with Crippen molar-refractivity contribution in [1.82, 2.24) is 14.2 Å². The Morgan fingerprint density at radius 2 is 1.63 bits per heavy atom. The average Bonchev–Trinajstić information content (AvgIpc) is 3.13. The Balaban J connectivity index is 1.83. The van der Waals surface area contributed by atoms with Gasteiger partial charge in [0.05, 0.1) is 16.5 Å². The highest BCUT2D eigenvalue weighted by molar-refractivity contribution is 7.89. The van der Waals surface area contributed by atoms with Crippen LogP contribution in [0.5, 0.6) is 0 Å². The molecule has 0 radical (unpaired) electrons. The summed E-state index contributed by atoms with van der Waals surface area (Å²) in [5, 5.41) is 11.3. The number of amides is 1. The van der Waals surface area contributed by atoms with E-state index in [1.54, 1.807) is 18.5 Å². The van der Waals surface area contributed by atoms with Gasteiger partial charge < -0.3 is 10.0 Å². The molecular weight excluding hydrogens is 502 g/mol. The van der Waals surface area contributed by atoms with Crippen molar-refractivity contribution in [2.24, 2.45) is 0 Å². The lowest BCUT2D eigenvalue weighted by Gasteiger charge is -2.26. The molecule has 1 aliphatic heterocycles. The number of hydrogen-bond donors (Lipinski definition) is 1. The molecule has 0 spiro atoms. The van der Waals surface area contributed by atoms with E-state index in [-0.39, 0.29) is 33.8 Å². The summed E-state index contributed by atoms with van der Waals surface area (Å²) in [7, 11) is -0.814. The van der Waals surface area contributed by atoms with Gasteiger partial charge in [0, 0.05) is 38.6 Å². The second-order valence-electron chi connectivity index (χ2n) is 10.5. The zero-order valence-electron chi connectivity index (χ0n) is 22.0. The van der Waals surface area contributed by atoms with Crippen molar-refractivity contribution in [2.45, 2.75) is 43.7 Å². The Labute approximate surface area is 223 Å². The number of sulfonamides is 1. The molecule has 0 aliphatic carbocycles. The van der Waals surface area contributed by atoms with Gasteiger partial charge in [-0.05, 0) is 52.4 Å². The average molecular weight is 534 g/mol. The van der Waals surface area contributed by atoms with E-state index in [2.05, 4.69) is 25.8 Å². The van der Waals surface area contributed by atoms with Gasteiger partial charge >= 0.3 is 0 Å². The molecule has 1 saturated heterocycles. The normalized spacial score (nSPS) is 17.8. The second kappa shape index (κ2) is 10.2. The molecule has 3 aromatic rings. The maximum Gasteiger partial charge on any atom is 0.295 e. The standard InChI is InChI=1S/C29H31N3O5S/c1-29(2,3)22-12-8-20(9-13-22)25-24(27(34)28(35)32(25)18-19-7-6-16-30-17-19)26(33)21-10-14-23(15-11-21)38(36,37)31(4)5/h6-17,25,33H,18H2,1-5H3/t25-/m1/s1. The predicted octanol–water partition coefficient (Wildman–Crippen LogP) is 4.25. The first-order valence-electron chi connectivity index (χ1n) is 12.1. The first kappa shape index (κ1) is 27.2. The van der Waals surface area contributed by atoms with E-state index < -0.39 is 27.8 Å². The van der Waals surface area contributed by atoms with Crippen molar-refractivity contribution >= 4 is 27.5 Å². The molecule has 2 heterocycles. The van der Waals surface area contributed by atoms with E-state index in [9.17, 15) is 23.1 Å². The van der Waals surface area contributed by atoms with E-state index in [1.807, 2.05) is 30.3 Å². The monoisotopic (exact) mass is 533 g/mol. The third-order valence-electron chi connectivity index (χ3n) is 6.61. The van der Waals surface area contributed by atoms with Crippen LogP contribution in [0.2, 0.25) is 0 Å². The molecule has 2 aromatic carbocycles. The molecule has 1 fully saturated rings. The number of likely N-dealkylation sites (tertiary alicyclic amines) is 1. The fourth-order valence-electron chi connectivity index (χ4n) is 4.39. The summed E-state index contributed by atoms with van der Waals surface area (Å²) in [5.41, 5.74) is 2.59. The number of carbonyl (C=O) groups is 2. The number of aliphatic hydroxyl groups is 1. The molecule has 0 unspecified atom stereocenters. The van der Waals surface area contributed by atoms with Crippen molar-refractivity contribution in [1.29, 1.82) is 0 Å². The van der Waals surface area contributed by atoms with Crippen LogP contribution in [0.3, 0.4) is 0 Å². The van der Waals surface area contributed by atoms with Crippen molar-refractivity contribution < 1.29 is 23.1 Å². The van der Waals surface area contributed by atoms with E-state index in [0.717, 1.165) is 15.4 Å². The Hall–Kier alpha value is -3.82. The van der Waals surface area contributed by atoms with Gasteiger partial charge in [-0.25, -0.2) is 12.7 Å². The van der Waals surface area contributed by atoms with Gasteiger partial charge in [0.2, 0.25) is 10.0 Å². The molecule has 0 saturated carbocycles. The first-order valence-corrected chi connectivity index (χ1v) is 13.6. The van der Waals surface area contributed by atoms with Gasteiger partial charge in [-0.1, -0.05) is 51.1 Å². The number of benzene rings is 2. The van der Waals surface area contributed by atoms with Gasteiger partial charge in [-0.15, -0.1) is 0 Å². The summed E-state index contributed by atoms with van der Waals surface area (Å²) >= 11 is 0. The number of aromatic nitrogens is 1. The summed E-state index contributed by atoms with van der Waals surface area (Å²) in [6.45, 7) is 6.41. The van der Waals surface area contributed by atoms with E-state index >= 15 is 0 Å². The number of aliphatic hydroxyl groups excluding tert-OH is 1. The van der Waals surface area contributed by atoms with Crippen LogP contribution in [0.25, 0.3) is 5.76 Å². The SMILES string of the molecule is CN(C)S(=O)(=O)c1ccc(C(O)=C2C(=O)C(=O)N(Cc3cccnc3)[C@@H]2c2ccc(C(C)(C)C)cc2)cc1. The summed E-state index contributed by atoms with van der Waals surface area (Å²) in [4.78, 5) is 32.2. The third-order valence-corrected chi connectivity index (χ3v) is 8.44. The summed E-state index contributed by atoms with van der Waals surface area (Å²) in [6, 6.07) is 16.0. The number of rotatable bonds is 6. The highest BCUT2D eigenvalue weighted by Gasteiger charge is 2.46. The second-order valence-corrected chi connectivity index (χ2v) is 12.6. The molecule has 1 N–H and O–H groups in total. The van der Waals surface area contributed by atoms with Gasteiger partial charge in [0.25, 0.3) is 11.7 Å². The molecular formula is C29H31N3O5S. The van der Waals surface area contributed by atoms with Crippen molar-refractivity contribution in [2.75, 3.05) is 14.1 Å². The lowest BCUT2D eigenvalue weighted by atomic mass is 9.85. The minimum atomic E-state index is -3.67. The van der Waals surface area contributed by atoms with Crippen LogP contribution in [-0.2, 0) is 31.6 Å². The fourth-order valence-corrected chi connectivity index (χ4v) is 5.30. The van der Waals surface area contributed by atoms with Gasteiger partial charge in [0.1, 0.15) is 5.76 Å². The van der Waals surface area contributed by atoms with Crippen LogP contribution in [-0.4, -0.2) is 53.5 Å². The number of Topliss-reactive ketones (excluding diaryl/α,β-unsaturated/α-hetero) is 1. The van der Waals surface area contributed by atoms with Gasteiger partial charge in [0.15, 0.2) is 0 Å². The summed E-state index contributed by atoms with van der Waals surface area (Å²) in [5.74, 6) is -1.90. The molecule has 38 heavy (non-hydrogen) atoms. The van der Waals surface area contributed by atoms with Crippen LogP contribution in [0, 0.1) is 0 Å². The predicted molar refractivity (Wildman–Crippen MR) is 145 cm³/mol. The van der Waals surface area contributed by atoms with E-state index in [0.29, 0.717) is 5.56 Å². The molecule has 1 atom stereocenters. The van der Waals surface area contributed by atoms with E-state index in [4.69, 9.17) is 0 Å². The van der Waals surface area contributed by atoms with Crippen LogP contribution in [0.1, 0.15) is 49.1 Å². The van der Waals surface area contributed by atoms with Crippen LogP contribution in [0.4, 0.5) is 0 Å². The van der Waals surface area contributed by atoms with Crippen LogP contribution < -0.4 is 0 Å². The lowest BCUT2D eigenvalue weighted by molar-refractivity contribution is -0.140. The minimum absolute atomic E-state index is 0.0467. The Bertz CT molecular complexity index is 1490. The highest BCUT2D eigenvalue weighted by Crippen LogP contribution is 2.41. The highest BCUT2D eigenvalue weighted by atomic mass is 32.2. The number of carbonyl (C=O) groups excluding carboxylic acids is 2. The quantitative estimate of drug-likeness (QED) is 0.288. The first-order chi connectivity index (χ1) is 17.8. The summed E-state index contributed by atoms with van der Waals surface area (Å²) in [6.07, 6.45) is 3.25. The molecule has 1 aliphatic rings. The molecule has 9 heteroatoms. The van der Waals surface area contributed by atoms with E-state index in [1.165, 1.54) is 43.3 Å². The minimum Gasteiger partial charge on any atom is -0.507 e. The molecule has 1 aromatic heterocycles. The smallest absolute Gasteiger partial charge is 0.295 e. The molecule has 0 bridgehead atoms. The topological polar surface area (TPSA) is 108 Å². The number of ketones is 1. The molecule has 4 rings (SSSR count). The largest absolute Gasteiger partial charge is 0.507 e.